The van der Waals surface area contributed by atoms with Crippen molar-refractivity contribution >= 4 is 38.3 Å². The summed E-state index contributed by atoms with van der Waals surface area (Å²) in [5.41, 5.74) is 4.66. The first kappa shape index (κ1) is 20.3. The number of aryl methyl sites for hydroxylation is 1. The second kappa shape index (κ2) is 8.81. The minimum Gasteiger partial charge on any atom is -0.496 e. The Morgan fingerprint density at radius 3 is 2.40 bits per heavy atom. The van der Waals surface area contributed by atoms with E-state index < -0.39 is 0 Å². The van der Waals surface area contributed by atoms with Crippen molar-refractivity contribution < 1.29 is 9.53 Å². The molecule has 0 unspecified atom stereocenters. The molecule has 1 N–H and O–H groups in total. The van der Waals surface area contributed by atoms with Crippen molar-refractivity contribution in [2.24, 2.45) is 0 Å². The summed E-state index contributed by atoms with van der Waals surface area (Å²) < 4.78 is 5.96. The maximum Gasteiger partial charge on any atom is 0.257 e. The molecule has 150 valence electrons. The zero-order valence-corrected chi connectivity index (χ0v) is 18.9. The fourth-order valence-corrected chi connectivity index (χ4v) is 4.57. The summed E-state index contributed by atoms with van der Waals surface area (Å²) >= 11 is 4.89. The van der Waals surface area contributed by atoms with Crippen LogP contribution < -0.4 is 10.1 Å². The Bertz CT molecular complexity index is 1190. The van der Waals surface area contributed by atoms with E-state index in [1.165, 1.54) is 16.9 Å². The third-order valence-corrected chi connectivity index (χ3v) is 6.26. The number of methoxy groups -OCH3 is 1. The predicted octanol–water partition coefficient (Wildman–Crippen LogP) is 6.81. The van der Waals surface area contributed by atoms with Crippen molar-refractivity contribution in [3.8, 4) is 27.4 Å². The Morgan fingerprint density at radius 2 is 1.73 bits per heavy atom. The Labute approximate surface area is 187 Å². The van der Waals surface area contributed by atoms with Gasteiger partial charge in [0.2, 0.25) is 0 Å². The summed E-state index contributed by atoms with van der Waals surface area (Å²) in [7, 11) is 1.59. The fourth-order valence-electron chi connectivity index (χ4n) is 3.04. The molecule has 0 aliphatic carbocycles. The number of nitrogens with zero attached hydrogens (tertiary/aromatic N) is 1. The maximum atomic E-state index is 12.8. The molecular weight excluding hydrogens is 460 g/mol. The van der Waals surface area contributed by atoms with Crippen LogP contribution in [0, 0.1) is 6.92 Å². The van der Waals surface area contributed by atoms with Crippen molar-refractivity contribution in [1.29, 1.82) is 0 Å². The number of nitrogens with one attached hydrogen (secondary N) is 1. The van der Waals surface area contributed by atoms with Gasteiger partial charge < -0.3 is 4.74 Å². The fraction of sp³-hybridized carbons (Fsp3) is 0.0833. The van der Waals surface area contributed by atoms with Crippen molar-refractivity contribution in [2.45, 2.75) is 6.92 Å². The number of amides is 1. The molecule has 0 aliphatic rings. The van der Waals surface area contributed by atoms with E-state index in [0.717, 1.165) is 26.2 Å². The molecule has 0 radical (unpaired) electrons. The van der Waals surface area contributed by atoms with Crippen LogP contribution in [0.15, 0.2) is 77.3 Å². The van der Waals surface area contributed by atoms with Gasteiger partial charge in [-0.15, -0.1) is 0 Å². The van der Waals surface area contributed by atoms with Gasteiger partial charge in [0, 0.05) is 11.1 Å². The van der Waals surface area contributed by atoms with Crippen LogP contribution in [0.25, 0.3) is 21.7 Å². The average Bonchev–Trinajstić information content (AvgIpc) is 3.18. The number of carbonyl (C=O) groups excluding carboxylic acids is 1. The summed E-state index contributed by atoms with van der Waals surface area (Å²) in [4.78, 5) is 18.6. The van der Waals surface area contributed by atoms with Crippen LogP contribution in [-0.2, 0) is 0 Å². The Morgan fingerprint density at radius 1 is 1.00 bits per heavy atom. The van der Waals surface area contributed by atoms with Gasteiger partial charge in [0.1, 0.15) is 5.75 Å². The van der Waals surface area contributed by atoms with E-state index >= 15 is 0 Å². The van der Waals surface area contributed by atoms with Crippen molar-refractivity contribution in [3.63, 3.8) is 0 Å². The van der Waals surface area contributed by atoms with Crippen LogP contribution in [0.3, 0.4) is 0 Å². The third-order valence-electron chi connectivity index (χ3n) is 4.62. The first-order chi connectivity index (χ1) is 14.5. The first-order valence-electron chi connectivity index (χ1n) is 9.33. The summed E-state index contributed by atoms with van der Waals surface area (Å²) in [6.07, 6.45) is 0. The third kappa shape index (κ3) is 4.30. The number of thiazole rings is 1. The van der Waals surface area contributed by atoms with E-state index in [1.807, 2.05) is 30.3 Å². The van der Waals surface area contributed by atoms with Crippen molar-refractivity contribution in [2.75, 3.05) is 12.4 Å². The molecule has 1 heterocycles. The summed E-state index contributed by atoms with van der Waals surface area (Å²) in [6.45, 7) is 2.06. The van der Waals surface area contributed by atoms with Gasteiger partial charge in [0.05, 0.1) is 22.2 Å². The lowest BCUT2D eigenvalue weighted by Gasteiger charge is -2.06. The van der Waals surface area contributed by atoms with Crippen molar-refractivity contribution in [1.82, 2.24) is 4.98 Å². The summed E-state index contributed by atoms with van der Waals surface area (Å²) in [6, 6.07) is 23.6. The lowest BCUT2D eigenvalue weighted by Crippen LogP contribution is -2.11. The van der Waals surface area contributed by atoms with Crippen LogP contribution in [0.5, 0.6) is 5.75 Å². The zero-order valence-electron chi connectivity index (χ0n) is 16.5. The van der Waals surface area contributed by atoms with E-state index in [4.69, 9.17) is 9.72 Å². The second-order valence-electron chi connectivity index (χ2n) is 6.73. The van der Waals surface area contributed by atoms with Crippen LogP contribution in [-0.4, -0.2) is 18.0 Å². The van der Waals surface area contributed by atoms with Gasteiger partial charge in [-0.25, -0.2) is 4.98 Å². The van der Waals surface area contributed by atoms with Gasteiger partial charge in [0.25, 0.3) is 5.91 Å². The highest BCUT2D eigenvalue weighted by Crippen LogP contribution is 2.39. The number of ether oxygens (including phenoxy) is 1. The molecule has 4 nitrogen and oxygen atoms in total. The Balaban J connectivity index is 1.69. The zero-order chi connectivity index (χ0) is 21.1. The van der Waals surface area contributed by atoms with Crippen LogP contribution in [0.1, 0.15) is 15.9 Å². The molecule has 0 spiro atoms. The predicted molar refractivity (Wildman–Crippen MR) is 126 cm³/mol. The molecule has 3 aromatic carbocycles. The van der Waals surface area contributed by atoms with E-state index in [2.05, 4.69) is 52.4 Å². The smallest absolute Gasteiger partial charge is 0.257 e. The first-order valence-corrected chi connectivity index (χ1v) is 10.9. The average molecular weight is 479 g/mol. The lowest BCUT2D eigenvalue weighted by molar-refractivity contribution is 0.102. The number of halogens is 1. The molecule has 1 amide bonds. The topological polar surface area (TPSA) is 51.2 Å². The van der Waals surface area contributed by atoms with E-state index in [1.54, 1.807) is 25.3 Å². The Kier molecular flexibility index (Phi) is 5.97. The van der Waals surface area contributed by atoms with Gasteiger partial charge in [0.15, 0.2) is 5.13 Å². The van der Waals surface area contributed by atoms with E-state index in [-0.39, 0.29) is 5.91 Å². The standard InChI is InChI=1S/C24H19BrN2O2S/c1-15-8-10-17(11-9-15)22-21(16-6-4-3-5-7-16)26-24(30-22)27-23(28)18-12-13-20(29-2)19(25)14-18/h3-14H,1-2H3,(H,26,27,28). The molecular formula is C24H19BrN2O2S. The highest BCUT2D eigenvalue weighted by molar-refractivity contribution is 9.10. The molecule has 0 fully saturated rings. The number of aromatic nitrogens is 1. The van der Waals surface area contributed by atoms with Crippen LogP contribution in [0.2, 0.25) is 0 Å². The quantitative estimate of drug-likeness (QED) is 0.342. The maximum absolute atomic E-state index is 12.8. The minimum atomic E-state index is -0.220. The number of benzene rings is 3. The molecule has 1 aromatic heterocycles. The molecule has 6 heteroatoms. The molecule has 0 saturated heterocycles. The minimum absolute atomic E-state index is 0.220. The van der Waals surface area contributed by atoms with Gasteiger partial charge in [-0.05, 0) is 46.6 Å². The Hall–Kier alpha value is -2.96. The lowest BCUT2D eigenvalue weighted by atomic mass is 10.1. The van der Waals surface area contributed by atoms with Gasteiger partial charge in [-0.3, -0.25) is 10.1 Å². The molecule has 0 atom stereocenters. The van der Waals surface area contributed by atoms with Crippen LogP contribution in [0.4, 0.5) is 5.13 Å². The van der Waals surface area contributed by atoms with Gasteiger partial charge >= 0.3 is 0 Å². The van der Waals surface area contributed by atoms with Crippen LogP contribution >= 0.6 is 27.3 Å². The number of carbonyl (C=O) groups is 1. The molecule has 0 aliphatic heterocycles. The molecule has 30 heavy (non-hydrogen) atoms. The summed E-state index contributed by atoms with van der Waals surface area (Å²) in [5.74, 6) is 0.455. The molecule has 4 aromatic rings. The van der Waals surface area contributed by atoms with E-state index in [0.29, 0.717) is 16.4 Å². The summed E-state index contributed by atoms with van der Waals surface area (Å²) in [5, 5.41) is 3.50. The number of hydrogen-bond donors (Lipinski definition) is 1. The number of anilines is 1. The van der Waals surface area contributed by atoms with Gasteiger partial charge in [-0.1, -0.05) is 71.5 Å². The molecule has 4 rings (SSSR count). The highest BCUT2D eigenvalue weighted by atomic mass is 79.9. The van der Waals surface area contributed by atoms with Gasteiger partial charge in [-0.2, -0.15) is 0 Å². The largest absolute Gasteiger partial charge is 0.496 e. The molecule has 0 saturated carbocycles. The highest BCUT2D eigenvalue weighted by Gasteiger charge is 2.17. The SMILES string of the molecule is COc1ccc(C(=O)Nc2nc(-c3ccccc3)c(-c3ccc(C)cc3)s2)cc1Br. The number of rotatable bonds is 5. The monoisotopic (exact) mass is 478 g/mol. The number of hydrogen-bond acceptors (Lipinski definition) is 4. The second-order valence-corrected chi connectivity index (χ2v) is 8.59. The molecule has 0 bridgehead atoms. The normalized spacial score (nSPS) is 10.6. The van der Waals surface area contributed by atoms with Crippen molar-refractivity contribution in [3.05, 3.63) is 88.4 Å². The van der Waals surface area contributed by atoms with E-state index in [9.17, 15) is 4.79 Å².